The molecule has 13 heavy (non-hydrogen) atoms. The molecular weight excluding hydrogens is 158 g/mol. The fourth-order valence-corrected chi connectivity index (χ4v) is 2.78. The lowest BCUT2D eigenvalue weighted by Crippen LogP contribution is -2.44. The van der Waals surface area contributed by atoms with Gasteiger partial charge in [-0.3, -0.25) is 0 Å². The van der Waals surface area contributed by atoms with Gasteiger partial charge in [0.25, 0.3) is 0 Å². The molecule has 78 valence electrons. The van der Waals surface area contributed by atoms with Crippen LogP contribution in [-0.4, -0.2) is 5.54 Å². The van der Waals surface area contributed by atoms with Crippen LogP contribution in [0.3, 0.4) is 0 Å². The van der Waals surface area contributed by atoms with Crippen molar-refractivity contribution in [2.45, 2.75) is 65.3 Å². The molecule has 1 nitrogen and oxygen atoms in total. The van der Waals surface area contributed by atoms with Gasteiger partial charge in [0, 0.05) is 5.54 Å². The van der Waals surface area contributed by atoms with E-state index in [1.807, 2.05) is 0 Å². The van der Waals surface area contributed by atoms with E-state index in [-0.39, 0.29) is 5.54 Å². The van der Waals surface area contributed by atoms with Gasteiger partial charge in [0.2, 0.25) is 0 Å². The highest BCUT2D eigenvalue weighted by atomic mass is 14.8. The van der Waals surface area contributed by atoms with E-state index < -0.39 is 0 Å². The molecule has 0 spiro atoms. The van der Waals surface area contributed by atoms with Crippen LogP contribution in [0.15, 0.2) is 0 Å². The lowest BCUT2D eigenvalue weighted by Gasteiger charge is -2.33. The van der Waals surface area contributed by atoms with Gasteiger partial charge in [-0.25, -0.2) is 0 Å². The minimum absolute atomic E-state index is 0.138. The Balaban J connectivity index is 2.58. The summed E-state index contributed by atoms with van der Waals surface area (Å²) in [6.07, 6.45) is 6.28. The molecule has 1 aliphatic rings. The van der Waals surface area contributed by atoms with E-state index >= 15 is 0 Å². The van der Waals surface area contributed by atoms with E-state index in [1.54, 1.807) is 0 Å². The molecule has 2 N–H and O–H groups in total. The molecule has 0 aromatic heterocycles. The fraction of sp³-hybridized carbons (Fsp3) is 1.00. The first-order chi connectivity index (χ1) is 5.90. The first-order valence-corrected chi connectivity index (χ1v) is 5.68. The van der Waals surface area contributed by atoms with E-state index in [2.05, 4.69) is 27.7 Å². The highest BCUT2D eigenvalue weighted by molar-refractivity contribution is 5.00. The summed E-state index contributed by atoms with van der Waals surface area (Å²) in [5.74, 6) is 0.694. The van der Waals surface area contributed by atoms with Gasteiger partial charge in [0.05, 0.1) is 0 Å². The molecule has 2 unspecified atom stereocenters. The lowest BCUT2D eigenvalue weighted by atomic mass is 9.79. The first-order valence-electron chi connectivity index (χ1n) is 5.68. The van der Waals surface area contributed by atoms with E-state index in [0.717, 1.165) is 0 Å². The summed E-state index contributed by atoms with van der Waals surface area (Å²) >= 11 is 0. The van der Waals surface area contributed by atoms with Crippen LogP contribution in [0.5, 0.6) is 0 Å². The normalized spacial score (nSPS) is 34.8. The molecule has 1 saturated carbocycles. The van der Waals surface area contributed by atoms with Crippen LogP contribution >= 0.6 is 0 Å². The van der Waals surface area contributed by atoms with Crippen LogP contribution < -0.4 is 5.73 Å². The molecule has 0 aromatic rings. The van der Waals surface area contributed by atoms with E-state index in [4.69, 9.17) is 5.73 Å². The summed E-state index contributed by atoms with van der Waals surface area (Å²) in [5.41, 5.74) is 7.09. The van der Waals surface area contributed by atoms with Crippen molar-refractivity contribution in [1.82, 2.24) is 0 Å². The molecule has 0 aliphatic heterocycles. The zero-order valence-electron chi connectivity index (χ0n) is 9.69. The molecule has 0 heterocycles. The molecule has 0 radical (unpaired) electrons. The highest BCUT2D eigenvalue weighted by Gasteiger charge is 2.43. The Bertz CT molecular complexity index is 174. The molecule has 2 atom stereocenters. The first kappa shape index (κ1) is 11.0. The summed E-state index contributed by atoms with van der Waals surface area (Å²) < 4.78 is 0. The maximum absolute atomic E-state index is 6.46. The summed E-state index contributed by atoms with van der Waals surface area (Å²) in [7, 11) is 0. The predicted molar refractivity (Wildman–Crippen MR) is 58.6 cm³/mol. The van der Waals surface area contributed by atoms with Gasteiger partial charge in [-0.05, 0) is 37.0 Å². The van der Waals surface area contributed by atoms with Crippen LogP contribution in [0.2, 0.25) is 0 Å². The fourth-order valence-electron chi connectivity index (χ4n) is 2.78. The predicted octanol–water partition coefficient (Wildman–Crippen LogP) is 3.33. The van der Waals surface area contributed by atoms with Gasteiger partial charge in [-0.15, -0.1) is 0 Å². The molecule has 1 fully saturated rings. The third-order valence-corrected chi connectivity index (χ3v) is 3.78. The van der Waals surface area contributed by atoms with Crippen molar-refractivity contribution in [3.8, 4) is 0 Å². The topological polar surface area (TPSA) is 26.0 Å². The van der Waals surface area contributed by atoms with Gasteiger partial charge in [-0.1, -0.05) is 34.1 Å². The van der Waals surface area contributed by atoms with Crippen molar-refractivity contribution in [2.24, 2.45) is 17.1 Å². The highest BCUT2D eigenvalue weighted by Crippen LogP contribution is 2.46. The molecule has 1 aliphatic carbocycles. The van der Waals surface area contributed by atoms with Gasteiger partial charge < -0.3 is 5.73 Å². The summed E-state index contributed by atoms with van der Waals surface area (Å²) in [6, 6.07) is 0. The Morgan fingerprint density at radius 1 is 1.31 bits per heavy atom. The van der Waals surface area contributed by atoms with Crippen molar-refractivity contribution in [3.63, 3.8) is 0 Å². The van der Waals surface area contributed by atoms with Crippen LogP contribution in [0.1, 0.15) is 59.8 Å². The second kappa shape index (κ2) is 3.61. The van der Waals surface area contributed by atoms with Crippen LogP contribution in [0, 0.1) is 11.3 Å². The number of nitrogens with two attached hydrogens (primary N) is 1. The standard InChI is InChI=1S/C12H25N/c1-5-6-10(2)12(13)8-7-11(3,4)9-12/h10H,5-9,13H2,1-4H3. The monoisotopic (exact) mass is 183 g/mol. The zero-order valence-corrected chi connectivity index (χ0v) is 9.69. The third-order valence-electron chi connectivity index (χ3n) is 3.78. The summed E-state index contributed by atoms with van der Waals surface area (Å²) in [5, 5.41) is 0. The SMILES string of the molecule is CCCC(C)C1(N)CCC(C)(C)C1. The van der Waals surface area contributed by atoms with Crippen molar-refractivity contribution >= 4 is 0 Å². The molecule has 0 saturated heterocycles. The zero-order chi connectivity index (χ0) is 10.1. The largest absolute Gasteiger partial charge is 0.325 e. The van der Waals surface area contributed by atoms with Crippen molar-refractivity contribution < 1.29 is 0 Å². The van der Waals surface area contributed by atoms with Crippen LogP contribution in [-0.2, 0) is 0 Å². The van der Waals surface area contributed by atoms with Gasteiger partial charge in [0.1, 0.15) is 0 Å². The molecule has 1 heteroatoms. The van der Waals surface area contributed by atoms with Crippen molar-refractivity contribution in [2.75, 3.05) is 0 Å². The maximum Gasteiger partial charge on any atom is 0.0185 e. The quantitative estimate of drug-likeness (QED) is 0.713. The number of hydrogen-bond donors (Lipinski definition) is 1. The molecule has 1 rings (SSSR count). The second-order valence-electron chi connectivity index (χ2n) is 5.76. The molecule has 0 aromatic carbocycles. The minimum Gasteiger partial charge on any atom is -0.325 e. The third kappa shape index (κ3) is 2.46. The molecule has 0 bridgehead atoms. The Hall–Kier alpha value is -0.0400. The number of rotatable bonds is 3. The van der Waals surface area contributed by atoms with Crippen molar-refractivity contribution in [1.29, 1.82) is 0 Å². The van der Waals surface area contributed by atoms with Gasteiger partial charge >= 0.3 is 0 Å². The average molecular weight is 183 g/mol. The van der Waals surface area contributed by atoms with Crippen LogP contribution in [0.4, 0.5) is 0 Å². The average Bonchev–Trinajstić information content (AvgIpc) is 2.28. The van der Waals surface area contributed by atoms with Crippen LogP contribution in [0.25, 0.3) is 0 Å². The minimum atomic E-state index is 0.138. The van der Waals surface area contributed by atoms with Crippen molar-refractivity contribution in [3.05, 3.63) is 0 Å². The lowest BCUT2D eigenvalue weighted by molar-refractivity contribution is 0.248. The summed E-state index contributed by atoms with van der Waals surface area (Å²) in [4.78, 5) is 0. The second-order valence-corrected chi connectivity index (χ2v) is 5.76. The Morgan fingerprint density at radius 2 is 1.92 bits per heavy atom. The van der Waals surface area contributed by atoms with Gasteiger partial charge in [-0.2, -0.15) is 0 Å². The molecular formula is C12H25N. The number of hydrogen-bond acceptors (Lipinski definition) is 1. The molecule has 0 amide bonds. The maximum atomic E-state index is 6.46. The Kier molecular flexibility index (Phi) is 3.06. The Labute approximate surface area is 83.1 Å². The van der Waals surface area contributed by atoms with E-state index in [0.29, 0.717) is 11.3 Å². The summed E-state index contributed by atoms with van der Waals surface area (Å²) in [6.45, 7) is 9.27. The Morgan fingerprint density at radius 3 is 2.31 bits per heavy atom. The van der Waals surface area contributed by atoms with Gasteiger partial charge in [0.15, 0.2) is 0 Å². The smallest absolute Gasteiger partial charge is 0.0185 e. The van der Waals surface area contributed by atoms with E-state index in [9.17, 15) is 0 Å². The van der Waals surface area contributed by atoms with E-state index in [1.165, 1.54) is 32.1 Å².